The van der Waals surface area contributed by atoms with Crippen LogP contribution in [0.5, 0.6) is 0 Å². The van der Waals surface area contributed by atoms with Crippen LogP contribution < -0.4 is 0 Å². The monoisotopic (exact) mass is 248 g/mol. The molecule has 0 bridgehead atoms. The lowest BCUT2D eigenvalue weighted by Gasteiger charge is -2.42. The Morgan fingerprint density at radius 3 is 2.78 bits per heavy atom. The zero-order valence-electron chi connectivity index (χ0n) is 11.6. The SMILES string of the molecule is CC1CC(C)C(N(C)Cc2cccnc2)C(O)C1. The van der Waals surface area contributed by atoms with Crippen LogP contribution in [0.15, 0.2) is 24.5 Å². The highest BCUT2D eigenvalue weighted by molar-refractivity contribution is 5.08. The molecule has 0 aliphatic heterocycles. The van der Waals surface area contributed by atoms with Crippen LogP contribution in [0, 0.1) is 11.8 Å². The van der Waals surface area contributed by atoms with E-state index in [9.17, 15) is 5.11 Å². The lowest BCUT2D eigenvalue weighted by atomic mass is 9.77. The number of likely N-dealkylation sites (N-methyl/N-ethyl adjacent to an activating group) is 1. The predicted octanol–water partition coefficient (Wildman–Crippen LogP) is 2.31. The molecule has 3 nitrogen and oxygen atoms in total. The summed E-state index contributed by atoms with van der Waals surface area (Å²) in [6.07, 6.45) is 5.62. The summed E-state index contributed by atoms with van der Waals surface area (Å²) in [5, 5.41) is 10.3. The highest BCUT2D eigenvalue weighted by Gasteiger charge is 2.35. The maximum absolute atomic E-state index is 10.3. The van der Waals surface area contributed by atoms with E-state index in [1.165, 1.54) is 12.0 Å². The molecule has 0 aromatic carbocycles. The van der Waals surface area contributed by atoms with Gasteiger partial charge in [-0.1, -0.05) is 19.9 Å². The molecular formula is C15H24N2O. The van der Waals surface area contributed by atoms with Crippen LogP contribution in [-0.2, 0) is 6.54 Å². The molecule has 1 saturated carbocycles. The molecular weight excluding hydrogens is 224 g/mol. The molecule has 0 spiro atoms. The van der Waals surface area contributed by atoms with Crippen LogP contribution in [0.4, 0.5) is 0 Å². The van der Waals surface area contributed by atoms with E-state index < -0.39 is 0 Å². The fraction of sp³-hybridized carbons (Fsp3) is 0.667. The van der Waals surface area contributed by atoms with Crippen LogP contribution in [-0.4, -0.2) is 34.2 Å². The molecule has 1 heterocycles. The van der Waals surface area contributed by atoms with Crippen molar-refractivity contribution in [2.45, 2.75) is 45.4 Å². The Morgan fingerprint density at radius 1 is 1.39 bits per heavy atom. The van der Waals surface area contributed by atoms with Crippen molar-refractivity contribution in [2.24, 2.45) is 11.8 Å². The molecule has 0 saturated heterocycles. The van der Waals surface area contributed by atoms with Gasteiger partial charge in [0.15, 0.2) is 0 Å². The summed E-state index contributed by atoms with van der Waals surface area (Å²) in [6.45, 7) is 5.34. The minimum absolute atomic E-state index is 0.203. The Hall–Kier alpha value is -0.930. The molecule has 0 amide bonds. The molecule has 0 radical (unpaired) electrons. The zero-order chi connectivity index (χ0) is 13.1. The first kappa shape index (κ1) is 13.5. The Morgan fingerprint density at radius 2 is 2.17 bits per heavy atom. The first-order chi connectivity index (χ1) is 8.58. The molecule has 1 aliphatic carbocycles. The summed E-state index contributed by atoms with van der Waals surface area (Å²) in [5.41, 5.74) is 1.21. The van der Waals surface area contributed by atoms with Gasteiger partial charge in [-0.3, -0.25) is 9.88 Å². The van der Waals surface area contributed by atoms with Gasteiger partial charge in [-0.05, 0) is 43.4 Å². The molecule has 3 heteroatoms. The molecule has 1 aliphatic rings. The number of hydrogen-bond acceptors (Lipinski definition) is 3. The average molecular weight is 248 g/mol. The molecule has 100 valence electrons. The summed E-state index contributed by atoms with van der Waals surface area (Å²) in [6, 6.07) is 4.32. The fourth-order valence-electron chi connectivity index (χ4n) is 3.41. The smallest absolute Gasteiger partial charge is 0.0700 e. The predicted molar refractivity (Wildman–Crippen MR) is 73.1 cm³/mol. The number of pyridine rings is 1. The number of aromatic nitrogens is 1. The van der Waals surface area contributed by atoms with Crippen molar-refractivity contribution in [3.63, 3.8) is 0 Å². The minimum atomic E-state index is -0.203. The Balaban J connectivity index is 2.01. The largest absolute Gasteiger partial charge is 0.391 e. The summed E-state index contributed by atoms with van der Waals surface area (Å²) < 4.78 is 0. The summed E-state index contributed by atoms with van der Waals surface area (Å²) >= 11 is 0. The second-order valence-electron chi connectivity index (χ2n) is 5.89. The molecule has 4 unspecified atom stereocenters. The van der Waals surface area contributed by atoms with Crippen LogP contribution in [0.2, 0.25) is 0 Å². The molecule has 4 atom stereocenters. The van der Waals surface area contributed by atoms with Gasteiger partial charge in [-0.15, -0.1) is 0 Å². The second-order valence-corrected chi connectivity index (χ2v) is 5.89. The third kappa shape index (κ3) is 3.09. The number of nitrogens with zero attached hydrogens (tertiary/aromatic N) is 2. The highest BCUT2D eigenvalue weighted by atomic mass is 16.3. The van der Waals surface area contributed by atoms with Gasteiger partial charge in [-0.25, -0.2) is 0 Å². The Bertz CT molecular complexity index is 356. The minimum Gasteiger partial charge on any atom is -0.391 e. The van der Waals surface area contributed by atoms with Crippen LogP contribution in [0.3, 0.4) is 0 Å². The van der Waals surface area contributed by atoms with Crippen molar-refractivity contribution in [3.8, 4) is 0 Å². The van der Waals surface area contributed by atoms with Gasteiger partial charge in [0.05, 0.1) is 6.10 Å². The van der Waals surface area contributed by atoms with E-state index in [1.807, 2.05) is 12.3 Å². The third-order valence-electron chi connectivity index (χ3n) is 4.06. The molecule has 1 fully saturated rings. The van der Waals surface area contributed by atoms with Crippen molar-refractivity contribution < 1.29 is 5.11 Å². The van der Waals surface area contributed by atoms with E-state index in [0.717, 1.165) is 13.0 Å². The van der Waals surface area contributed by atoms with E-state index in [0.29, 0.717) is 11.8 Å². The van der Waals surface area contributed by atoms with E-state index in [2.05, 4.69) is 36.8 Å². The van der Waals surface area contributed by atoms with Crippen molar-refractivity contribution in [2.75, 3.05) is 7.05 Å². The van der Waals surface area contributed by atoms with Gasteiger partial charge >= 0.3 is 0 Å². The molecule has 1 N–H and O–H groups in total. The molecule has 18 heavy (non-hydrogen) atoms. The topological polar surface area (TPSA) is 36.4 Å². The third-order valence-corrected chi connectivity index (χ3v) is 4.06. The number of aliphatic hydroxyl groups is 1. The van der Waals surface area contributed by atoms with E-state index in [1.54, 1.807) is 6.20 Å². The quantitative estimate of drug-likeness (QED) is 0.891. The zero-order valence-corrected chi connectivity index (χ0v) is 11.6. The normalized spacial score (nSPS) is 32.7. The standard InChI is InChI=1S/C15H24N2O/c1-11-7-12(2)15(14(18)8-11)17(3)10-13-5-4-6-16-9-13/h4-6,9,11-12,14-15,18H,7-8,10H2,1-3H3. The lowest BCUT2D eigenvalue weighted by molar-refractivity contribution is -0.0171. The molecule has 1 aromatic heterocycles. The van der Waals surface area contributed by atoms with E-state index >= 15 is 0 Å². The van der Waals surface area contributed by atoms with Gasteiger partial charge in [0.2, 0.25) is 0 Å². The summed E-state index contributed by atoms with van der Waals surface area (Å²) in [7, 11) is 2.10. The maximum Gasteiger partial charge on any atom is 0.0700 e. The summed E-state index contributed by atoms with van der Waals surface area (Å²) in [5.74, 6) is 1.18. The fourth-order valence-corrected chi connectivity index (χ4v) is 3.41. The number of hydrogen-bond donors (Lipinski definition) is 1. The molecule has 2 rings (SSSR count). The number of aliphatic hydroxyl groups excluding tert-OH is 1. The Kier molecular flexibility index (Phi) is 4.36. The van der Waals surface area contributed by atoms with Crippen LogP contribution in [0.25, 0.3) is 0 Å². The van der Waals surface area contributed by atoms with Gasteiger partial charge in [0, 0.05) is 25.0 Å². The highest BCUT2D eigenvalue weighted by Crippen LogP contribution is 2.32. The lowest BCUT2D eigenvalue weighted by Crippen LogP contribution is -2.49. The van der Waals surface area contributed by atoms with Crippen molar-refractivity contribution in [1.82, 2.24) is 9.88 Å². The first-order valence-corrected chi connectivity index (χ1v) is 6.85. The van der Waals surface area contributed by atoms with E-state index in [-0.39, 0.29) is 12.1 Å². The Labute approximate surface area is 110 Å². The van der Waals surface area contributed by atoms with Gasteiger partial charge in [-0.2, -0.15) is 0 Å². The van der Waals surface area contributed by atoms with Crippen molar-refractivity contribution in [1.29, 1.82) is 0 Å². The van der Waals surface area contributed by atoms with Gasteiger partial charge < -0.3 is 5.11 Å². The summed E-state index contributed by atoms with van der Waals surface area (Å²) in [4.78, 5) is 6.42. The van der Waals surface area contributed by atoms with Crippen LogP contribution >= 0.6 is 0 Å². The average Bonchev–Trinajstić information content (AvgIpc) is 2.28. The van der Waals surface area contributed by atoms with Gasteiger partial charge in [0.1, 0.15) is 0 Å². The van der Waals surface area contributed by atoms with Crippen molar-refractivity contribution >= 4 is 0 Å². The second kappa shape index (κ2) is 5.81. The maximum atomic E-state index is 10.3. The first-order valence-electron chi connectivity index (χ1n) is 6.85. The van der Waals surface area contributed by atoms with Gasteiger partial charge in [0.25, 0.3) is 0 Å². The molecule has 1 aromatic rings. The van der Waals surface area contributed by atoms with Crippen molar-refractivity contribution in [3.05, 3.63) is 30.1 Å². The van der Waals surface area contributed by atoms with E-state index in [4.69, 9.17) is 0 Å². The number of rotatable bonds is 3. The van der Waals surface area contributed by atoms with Crippen LogP contribution in [0.1, 0.15) is 32.3 Å².